The van der Waals surface area contributed by atoms with Gasteiger partial charge in [0.25, 0.3) is 0 Å². The van der Waals surface area contributed by atoms with Gasteiger partial charge in [-0.3, -0.25) is 4.79 Å². The van der Waals surface area contributed by atoms with Crippen LogP contribution in [-0.2, 0) is 24.2 Å². The molecule has 5 N–H and O–H groups in total. The minimum Gasteiger partial charge on any atom is -0.351 e. The van der Waals surface area contributed by atoms with Gasteiger partial charge in [-0.2, -0.15) is 0 Å². The normalized spacial score (nSPS) is 13.2. The second-order valence-electron chi connectivity index (χ2n) is 6.58. The van der Waals surface area contributed by atoms with Crippen LogP contribution in [0.4, 0.5) is 0 Å². The van der Waals surface area contributed by atoms with E-state index in [-0.39, 0.29) is 11.9 Å². The van der Waals surface area contributed by atoms with Crippen molar-refractivity contribution in [3.63, 3.8) is 0 Å². The van der Waals surface area contributed by atoms with E-state index >= 15 is 0 Å². The van der Waals surface area contributed by atoms with Crippen LogP contribution in [0.3, 0.4) is 0 Å². The lowest BCUT2D eigenvalue weighted by Gasteiger charge is -2.17. The smallest absolute Gasteiger partial charge is 0.237 e. The second kappa shape index (κ2) is 9.97. The summed E-state index contributed by atoms with van der Waals surface area (Å²) in [5.74, 6) is -0.154. The summed E-state index contributed by atoms with van der Waals surface area (Å²) in [6, 6.07) is 17.6. The molecule has 0 fully saturated rings. The Kier molecular flexibility index (Phi) is 7.64. The highest BCUT2D eigenvalue weighted by atomic mass is 16.2. The van der Waals surface area contributed by atoms with Crippen LogP contribution in [0.15, 0.2) is 54.6 Å². The van der Waals surface area contributed by atoms with Gasteiger partial charge < -0.3 is 16.8 Å². The number of carbonyl (C=O) groups excluding carboxylic acids is 1. The zero-order valence-electron chi connectivity index (χ0n) is 14.9. The second-order valence-corrected chi connectivity index (χ2v) is 6.58. The Morgan fingerprint density at radius 3 is 2.40 bits per heavy atom. The molecule has 2 rings (SSSR count). The fourth-order valence-corrected chi connectivity index (χ4v) is 2.94. The lowest BCUT2D eigenvalue weighted by Crippen LogP contribution is -2.44. The average Bonchev–Trinajstić information content (AvgIpc) is 2.61. The van der Waals surface area contributed by atoms with Crippen LogP contribution < -0.4 is 16.8 Å². The molecule has 0 aromatic heterocycles. The molecule has 0 aliphatic carbocycles. The average molecular weight is 339 g/mol. The van der Waals surface area contributed by atoms with Crippen LogP contribution in [0.2, 0.25) is 0 Å². The van der Waals surface area contributed by atoms with Crippen molar-refractivity contribution in [3.05, 3.63) is 71.3 Å². The summed E-state index contributed by atoms with van der Waals surface area (Å²) in [6.07, 6.45) is 3.41. The van der Waals surface area contributed by atoms with Gasteiger partial charge >= 0.3 is 0 Å². The molecule has 0 unspecified atom stereocenters. The molecule has 2 atom stereocenters. The zero-order chi connectivity index (χ0) is 18.1. The predicted molar refractivity (Wildman–Crippen MR) is 103 cm³/mol. The van der Waals surface area contributed by atoms with Crippen molar-refractivity contribution in [3.8, 4) is 0 Å². The molecule has 0 spiro atoms. The standard InChI is InChI=1S/C21H29N3O/c1-2-7-16-10-6-11-18(12-16)13-19(22)14-20(23)21(25)24-15-17-8-4-3-5-9-17/h3-6,8-12,19-20H,2,7,13-15,22-23H2,1H3,(H,24,25)/t19-,20-/m0/s1. The Labute approximate surface area is 150 Å². The molecule has 4 nitrogen and oxygen atoms in total. The Balaban J connectivity index is 1.79. The lowest BCUT2D eigenvalue weighted by molar-refractivity contribution is -0.122. The van der Waals surface area contributed by atoms with Gasteiger partial charge in [0.05, 0.1) is 6.04 Å². The number of hydrogen-bond acceptors (Lipinski definition) is 3. The molecular weight excluding hydrogens is 310 g/mol. The highest BCUT2D eigenvalue weighted by molar-refractivity contribution is 5.81. The van der Waals surface area contributed by atoms with Crippen molar-refractivity contribution in [2.45, 2.75) is 51.2 Å². The summed E-state index contributed by atoms with van der Waals surface area (Å²) in [5, 5.41) is 2.87. The third-order valence-electron chi connectivity index (χ3n) is 4.23. The molecule has 25 heavy (non-hydrogen) atoms. The van der Waals surface area contributed by atoms with Gasteiger partial charge in [-0.25, -0.2) is 0 Å². The molecule has 0 radical (unpaired) electrons. The molecule has 2 aromatic carbocycles. The number of nitrogens with one attached hydrogen (secondary N) is 1. The van der Waals surface area contributed by atoms with E-state index in [1.54, 1.807) is 0 Å². The van der Waals surface area contributed by atoms with Gasteiger partial charge in [-0.1, -0.05) is 67.9 Å². The minimum atomic E-state index is -0.586. The van der Waals surface area contributed by atoms with Crippen LogP contribution in [0.25, 0.3) is 0 Å². The maximum Gasteiger partial charge on any atom is 0.237 e. The largest absolute Gasteiger partial charge is 0.351 e. The van der Waals surface area contributed by atoms with Crippen molar-refractivity contribution >= 4 is 5.91 Å². The summed E-state index contributed by atoms with van der Waals surface area (Å²) in [5.41, 5.74) is 15.8. The van der Waals surface area contributed by atoms with Crippen LogP contribution >= 0.6 is 0 Å². The first-order chi connectivity index (χ1) is 12.1. The van der Waals surface area contributed by atoms with Crippen molar-refractivity contribution in [2.75, 3.05) is 0 Å². The van der Waals surface area contributed by atoms with E-state index < -0.39 is 6.04 Å². The summed E-state index contributed by atoms with van der Waals surface area (Å²) in [4.78, 5) is 12.2. The summed E-state index contributed by atoms with van der Waals surface area (Å²) >= 11 is 0. The van der Waals surface area contributed by atoms with E-state index in [0.717, 1.165) is 24.8 Å². The number of rotatable bonds is 9. The molecule has 0 aliphatic heterocycles. The first-order valence-corrected chi connectivity index (χ1v) is 8.99. The summed E-state index contributed by atoms with van der Waals surface area (Å²) < 4.78 is 0. The topological polar surface area (TPSA) is 81.1 Å². The highest BCUT2D eigenvalue weighted by Crippen LogP contribution is 2.11. The number of nitrogens with two attached hydrogens (primary N) is 2. The van der Waals surface area contributed by atoms with E-state index in [1.165, 1.54) is 11.1 Å². The van der Waals surface area contributed by atoms with E-state index in [4.69, 9.17) is 11.5 Å². The quantitative estimate of drug-likeness (QED) is 0.657. The molecule has 1 amide bonds. The van der Waals surface area contributed by atoms with Crippen molar-refractivity contribution in [2.24, 2.45) is 11.5 Å². The maximum absolute atomic E-state index is 12.2. The summed E-state index contributed by atoms with van der Waals surface area (Å²) in [6.45, 7) is 2.66. The van der Waals surface area contributed by atoms with Gasteiger partial charge in [-0.15, -0.1) is 0 Å². The third-order valence-corrected chi connectivity index (χ3v) is 4.23. The zero-order valence-corrected chi connectivity index (χ0v) is 14.9. The molecule has 0 saturated carbocycles. The SMILES string of the molecule is CCCc1cccc(C[C@H](N)C[C@H](N)C(=O)NCc2ccccc2)c1. The first kappa shape index (κ1) is 19.2. The molecule has 0 heterocycles. The Hall–Kier alpha value is -2.17. The molecule has 134 valence electrons. The Morgan fingerprint density at radius 1 is 1.00 bits per heavy atom. The van der Waals surface area contributed by atoms with Gasteiger partial charge in [0.1, 0.15) is 0 Å². The maximum atomic E-state index is 12.2. The summed E-state index contributed by atoms with van der Waals surface area (Å²) in [7, 11) is 0. The van der Waals surface area contributed by atoms with Gasteiger partial charge in [0.2, 0.25) is 5.91 Å². The van der Waals surface area contributed by atoms with Crippen molar-refractivity contribution in [1.82, 2.24) is 5.32 Å². The molecule has 4 heteroatoms. The Morgan fingerprint density at radius 2 is 1.68 bits per heavy atom. The number of benzene rings is 2. The molecule has 0 saturated heterocycles. The van der Waals surface area contributed by atoms with Crippen LogP contribution in [0, 0.1) is 0 Å². The van der Waals surface area contributed by atoms with Crippen LogP contribution in [0.1, 0.15) is 36.5 Å². The van der Waals surface area contributed by atoms with Gasteiger partial charge in [0, 0.05) is 12.6 Å². The minimum absolute atomic E-state index is 0.130. The number of carbonyl (C=O) groups is 1. The third kappa shape index (κ3) is 6.69. The lowest BCUT2D eigenvalue weighted by atomic mass is 9.98. The molecule has 2 aromatic rings. The van der Waals surface area contributed by atoms with Crippen molar-refractivity contribution in [1.29, 1.82) is 0 Å². The monoisotopic (exact) mass is 339 g/mol. The first-order valence-electron chi connectivity index (χ1n) is 8.99. The Bertz CT molecular complexity index is 657. The number of hydrogen-bond donors (Lipinski definition) is 3. The van der Waals surface area contributed by atoms with E-state index in [0.29, 0.717) is 13.0 Å². The van der Waals surface area contributed by atoms with Gasteiger partial charge in [-0.05, 0) is 36.0 Å². The highest BCUT2D eigenvalue weighted by Gasteiger charge is 2.17. The van der Waals surface area contributed by atoms with E-state index in [1.807, 2.05) is 30.3 Å². The number of amides is 1. The van der Waals surface area contributed by atoms with Gasteiger partial charge in [0.15, 0.2) is 0 Å². The molecule has 0 bridgehead atoms. The predicted octanol–water partition coefficient (Wildman–Crippen LogP) is 2.54. The fraction of sp³-hybridized carbons (Fsp3) is 0.381. The van der Waals surface area contributed by atoms with E-state index in [9.17, 15) is 4.79 Å². The fourth-order valence-electron chi connectivity index (χ4n) is 2.94. The molecular formula is C21H29N3O. The molecule has 0 aliphatic rings. The number of aryl methyl sites for hydroxylation is 1. The van der Waals surface area contributed by atoms with Crippen molar-refractivity contribution < 1.29 is 4.79 Å². The van der Waals surface area contributed by atoms with Crippen LogP contribution in [0.5, 0.6) is 0 Å². The van der Waals surface area contributed by atoms with E-state index in [2.05, 4.69) is 36.5 Å². The van der Waals surface area contributed by atoms with Crippen LogP contribution in [-0.4, -0.2) is 18.0 Å².